The van der Waals surface area contributed by atoms with Crippen LogP contribution in [-0.4, -0.2) is 18.7 Å². The van der Waals surface area contributed by atoms with Crippen LogP contribution >= 0.6 is 0 Å². The van der Waals surface area contributed by atoms with Crippen LogP contribution in [0.2, 0.25) is 0 Å². The monoisotopic (exact) mass is 442 g/mol. The largest absolute Gasteiger partial charge is 1.00 e. The Morgan fingerprint density at radius 3 is 0.897 bits per heavy atom. The molecule has 0 radical (unpaired) electrons. The molecule has 5 heteroatoms. The topological polar surface area (TPSA) is 54.4 Å². The molecule has 0 aliphatic heterocycles. The predicted molar refractivity (Wildman–Crippen MR) is 125 cm³/mol. The molecule has 0 rings (SSSR count). The van der Waals surface area contributed by atoms with E-state index in [1.54, 1.807) is 0 Å². The molecule has 0 aliphatic rings. The van der Waals surface area contributed by atoms with Gasteiger partial charge in [-0.3, -0.25) is 4.55 Å². The van der Waals surface area contributed by atoms with Crippen molar-refractivity contribution in [2.75, 3.05) is 5.75 Å². The Hall–Kier alpha value is 0.910. The molecule has 29 heavy (non-hydrogen) atoms. The van der Waals surface area contributed by atoms with E-state index >= 15 is 0 Å². The van der Waals surface area contributed by atoms with Gasteiger partial charge >= 0.3 is 29.6 Å². The molecule has 0 atom stereocenters. The van der Waals surface area contributed by atoms with Gasteiger partial charge in [0, 0.05) is 0 Å². The van der Waals surface area contributed by atoms with Crippen LogP contribution in [0, 0.1) is 0 Å². The molecule has 0 saturated carbocycles. The molecule has 0 aromatic carbocycles. The zero-order chi connectivity index (χ0) is 20.8. The molecular weight excluding hydrogens is 391 g/mol. The molecule has 0 aromatic rings. The number of unbranched alkanes of at least 4 members (excludes halogenated alkanes) is 21. The van der Waals surface area contributed by atoms with Crippen molar-refractivity contribution in [1.82, 2.24) is 0 Å². The standard InChI is InChI=1S/C24H50O3S.Na.H/c1-2-3-4-5-6-7-8-9-10-11-12-13-14-15-16-17-18-19-20-21-22-23-24-28(25,26)27;;/h2-24H2,1H3,(H,25,26,27);;/q;+1;-1. The SMILES string of the molecule is CCCCCCCCCCCCCCCCCCCCCCCCS(=O)(=O)O.[H-].[Na+]. The van der Waals surface area contributed by atoms with Gasteiger partial charge in [0.1, 0.15) is 0 Å². The van der Waals surface area contributed by atoms with Crippen molar-refractivity contribution in [3.63, 3.8) is 0 Å². The minimum atomic E-state index is -3.75. The second kappa shape index (κ2) is 25.2. The van der Waals surface area contributed by atoms with Crippen molar-refractivity contribution in [2.24, 2.45) is 0 Å². The summed E-state index contributed by atoms with van der Waals surface area (Å²) in [5.41, 5.74) is 0. The molecule has 0 bridgehead atoms. The van der Waals surface area contributed by atoms with Crippen LogP contribution < -0.4 is 29.6 Å². The summed E-state index contributed by atoms with van der Waals surface area (Å²) < 4.78 is 29.8. The number of hydrogen-bond acceptors (Lipinski definition) is 2. The Morgan fingerprint density at radius 1 is 0.483 bits per heavy atom. The van der Waals surface area contributed by atoms with Gasteiger partial charge in [-0.05, 0) is 6.42 Å². The Labute approximate surface area is 207 Å². The molecule has 0 saturated heterocycles. The van der Waals surface area contributed by atoms with Crippen LogP contribution in [0.15, 0.2) is 0 Å². The third-order valence-electron chi connectivity index (χ3n) is 5.76. The third kappa shape index (κ3) is 31.2. The van der Waals surface area contributed by atoms with Crippen LogP contribution in [0.5, 0.6) is 0 Å². The van der Waals surface area contributed by atoms with Gasteiger partial charge in [-0.25, -0.2) is 0 Å². The summed E-state index contributed by atoms with van der Waals surface area (Å²) in [5, 5.41) is 0. The van der Waals surface area contributed by atoms with Crippen molar-refractivity contribution in [3.8, 4) is 0 Å². The van der Waals surface area contributed by atoms with Gasteiger partial charge in [-0.1, -0.05) is 142 Å². The second-order valence-corrected chi connectivity index (χ2v) is 10.3. The van der Waals surface area contributed by atoms with Gasteiger partial charge in [0.05, 0.1) is 5.75 Å². The number of rotatable bonds is 23. The van der Waals surface area contributed by atoms with E-state index in [-0.39, 0.29) is 36.7 Å². The number of hydrogen-bond donors (Lipinski definition) is 1. The van der Waals surface area contributed by atoms with Gasteiger partial charge in [0.15, 0.2) is 0 Å². The first-order chi connectivity index (χ1) is 13.6. The zero-order valence-corrected chi connectivity index (χ0v) is 22.8. The average Bonchev–Trinajstić information content (AvgIpc) is 2.65. The first kappa shape index (κ1) is 32.1. The minimum absolute atomic E-state index is 0. The Bertz CT molecular complexity index is 405. The van der Waals surface area contributed by atoms with E-state index in [0.29, 0.717) is 6.42 Å². The summed E-state index contributed by atoms with van der Waals surface area (Å²) in [6, 6.07) is 0. The normalized spacial score (nSPS) is 11.5. The molecule has 0 spiro atoms. The molecule has 0 fully saturated rings. The summed E-state index contributed by atoms with van der Waals surface area (Å²) in [4.78, 5) is 0. The van der Waals surface area contributed by atoms with E-state index in [2.05, 4.69) is 6.92 Å². The maximum atomic E-state index is 10.6. The zero-order valence-electron chi connectivity index (χ0n) is 20.9. The molecule has 3 nitrogen and oxygen atoms in total. The average molecular weight is 443 g/mol. The third-order valence-corrected chi connectivity index (χ3v) is 6.56. The van der Waals surface area contributed by atoms with Crippen LogP contribution in [-0.2, 0) is 10.1 Å². The fourth-order valence-electron chi connectivity index (χ4n) is 3.89. The molecule has 0 aliphatic carbocycles. The van der Waals surface area contributed by atoms with Gasteiger partial charge in [0.2, 0.25) is 0 Å². The predicted octanol–water partition coefficient (Wildman–Crippen LogP) is 5.59. The van der Waals surface area contributed by atoms with Crippen LogP contribution in [0.1, 0.15) is 150 Å². The summed E-state index contributed by atoms with van der Waals surface area (Å²) in [5.74, 6) is -0.0773. The first-order valence-corrected chi connectivity index (χ1v) is 14.1. The maximum absolute atomic E-state index is 10.6. The van der Waals surface area contributed by atoms with Gasteiger partial charge in [-0.15, -0.1) is 0 Å². The molecule has 0 unspecified atom stereocenters. The quantitative estimate of drug-likeness (QED) is 0.127. The molecule has 1 N–H and O–H groups in total. The van der Waals surface area contributed by atoms with Crippen molar-refractivity contribution < 1.29 is 44.0 Å². The van der Waals surface area contributed by atoms with Gasteiger partial charge in [-0.2, -0.15) is 8.42 Å². The fourth-order valence-corrected chi connectivity index (χ4v) is 4.46. The first-order valence-electron chi connectivity index (χ1n) is 12.5. The Kier molecular flexibility index (Phi) is 27.9. The molecular formula is C24H51NaO3S. The van der Waals surface area contributed by atoms with Crippen molar-refractivity contribution >= 4 is 10.1 Å². The second-order valence-electron chi connectivity index (χ2n) is 8.71. The molecule has 0 amide bonds. The van der Waals surface area contributed by atoms with Gasteiger partial charge < -0.3 is 1.43 Å². The minimum Gasteiger partial charge on any atom is -1.00 e. The van der Waals surface area contributed by atoms with E-state index < -0.39 is 10.1 Å². The van der Waals surface area contributed by atoms with Crippen LogP contribution in [0.3, 0.4) is 0 Å². The molecule has 172 valence electrons. The fraction of sp³-hybridized carbons (Fsp3) is 1.00. The van der Waals surface area contributed by atoms with Crippen LogP contribution in [0.4, 0.5) is 0 Å². The van der Waals surface area contributed by atoms with Gasteiger partial charge in [0.25, 0.3) is 10.1 Å². The summed E-state index contributed by atoms with van der Waals surface area (Å²) in [6.45, 7) is 2.28. The van der Waals surface area contributed by atoms with Crippen molar-refractivity contribution in [2.45, 2.75) is 148 Å². The van der Waals surface area contributed by atoms with Crippen LogP contribution in [0.25, 0.3) is 0 Å². The Balaban J connectivity index is -0.00000364. The Morgan fingerprint density at radius 2 is 0.690 bits per heavy atom. The molecule has 0 aromatic heterocycles. The van der Waals surface area contributed by atoms with E-state index in [9.17, 15) is 8.42 Å². The smallest absolute Gasteiger partial charge is 1.00 e. The van der Waals surface area contributed by atoms with E-state index in [4.69, 9.17) is 4.55 Å². The summed E-state index contributed by atoms with van der Waals surface area (Å²) >= 11 is 0. The summed E-state index contributed by atoms with van der Waals surface area (Å²) in [6.07, 6.45) is 29.1. The van der Waals surface area contributed by atoms with E-state index in [1.807, 2.05) is 0 Å². The molecule has 0 heterocycles. The van der Waals surface area contributed by atoms with E-state index in [1.165, 1.54) is 122 Å². The van der Waals surface area contributed by atoms with E-state index in [0.717, 1.165) is 12.8 Å². The van der Waals surface area contributed by atoms with Crippen molar-refractivity contribution in [1.29, 1.82) is 0 Å². The maximum Gasteiger partial charge on any atom is 1.00 e. The summed E-state index contributed by atoms with van der Waals surface area (Å²) in [7, 11) is -3.75. The van der Waals surface area contributed by atoms with Crippen molar-refractivity contribution in [3.05, 3.63) is 0 Å².